The normalized spacial score (nSPS) is 12.3. The molecule has 0 aliphatic rings. The summed E-state index contributed by atoms with van der Waals surface area (Å²) >= 11 is 0. The third-order valence-corrected chi connectivity index (χ3v) is 3.38. The molecule has 2 aromatic heterocycles. The smallest absolute Gasteiger partial charge is 0.341 e. The average Bonchev–Trinajstić information content (AvgIpc) is 3.28. The molecule has 0 fully saturated rings. The minimum absolute atomic E-state index is 0.313. The van der Waals surface area contributed by atoms with Crippen molar-refractivity contribution in [1.82, 2.24) is 9.78 Å². The Hall–Kier alpha value is -3.61. The van der Waals surface area contributed by atoms with Crippen LogP contribution in [0.1, 0.15) is 11.3 Å². The van der Waals surface area contributed by atoms with Crippen LogP contribution < -0.4 is 0 Å². The largest absolute Gasteiger partial charge is 0.506 e. The summed E-state index contributed by atoms with van der Waals surface area (Å²) in [6.45, 7) is 0.444. The molecule has 0 amide bonds. The Labute approximate surface area is 143 Å². The lowest BCUT2D eigenvalue weighted by Gasteiger charge is -2.02. The lowest BCUT2D eigenvalue weighted by molar-refractivity contribution is -0.132. The van der Waals surface area contributed by atoms with E-state index in [0.29, 0.717) is 17.9 Å². The summed E-state index contributed by atoms with van der Waals surface area (Å²) in [4.78, 5) is 15.4. The summed E-state index contributed by atoms with van der Waals surface area (Å²) in [6, 6.07) is 13.7. The summed E-state index contributed by atoms with van der Waals surface area (Å²) in [5.41, 5.74) is 0.0847. The molecule has 2 N–H and O–H groups in total. The molecule has 3 rings (SSSR count). The van der Waals surface area contributed by atoms with E-state index in [2.05, 4.69) is 10.1 Å². The van der Waals surface area contributed by atoms with Gasteiger partial charge in [0.1, 0.15) is 17.1 Å². The molecule has 2 heterocycles. The number of hydrogen-bond acceptors (Lipinski definition) is 5. The number of benzene rings is 1. The van der Waals surface area contributed by atoms with Crippen molar-refractivity contribution in [3.63, 3.8) is 0 Å². The summed E-state index contributed by atoms with van der Waals surface area (Å²) in [5, 5.41) is 23.7. The predicted molar refractivity (Wildman–Crippen MR) is 91.8 cm³/mol. The average molecular weight is 337 g/mol. The van der Waals surface area contributed by atoms with E-state index < -0.39 is 5.97 Å². The Morgan fingerprint density at radius 3 is 2.64 bits per heavy atom. The molecule has 126 valence electrons. The van der Waals surface area contributed by atoms with Gasteiger partial charge < -0.3 is 14.6 Å². The van der Waals surface area contributed by atoms with E-state index >= 15 is 0 Å². The van der Waals surface area contributed by atoms with Crippen molar-refractivity contribution < 1.29 is 19.4 Å². The maximum Gasteiger partial charge on any atom is 0.341 e. The number of rotatable bonds is 6. The fraction of sp³-hybridized carbons (Fsp3) is 0.0556. The number of aromatic nitrogens is 2. The first kappa shape index (κ1) is 16.3. The van der Waals surface area contributed by atoms with E-state index in [9.17, 15) is 15.0 Å². The Bertz CT molecular complexity index is 909. The highest BCUT2D eigenvalue weighted by atomic mass is 16.4. The number of aliphatic hydroxyl groups is 1. The van der Waals surface area contributed by atoms with Crippen LogP contribution in [0.5, 0.6) is 0 Å². The number of aliphatic hydroxyl groups excluding tert-OH is 1. The second kappa shape index (κ2) is 7.31. The van der Waals surface area contributed by atoms with Gasteiger partial charge >= 0.3 is 5.97 Å². The van der Waals surface area contributed by atoms with Crippen molar-refractivity contribution in [3.8, 4) is 0 Å². The minimum atomic E-state index is -1.28. The van der Waals surface area contributed by atoms with Crippen LogP contribution in [0.15, 0.2) is 76.0 Å². The highest BCUT2D eigenvalue weighted by Gasteiger charge is 2.13. The quantitative estimate of drug-likeness (QED) is 0.408. The number of aliphatic imine (C=N–C) groups is 1. The molecule has 0 aliphatic heterocycles. The fourth-order valence-electron chi connectivity index (χ4n) is 2.17. The van der Waals surface area contributed by atoms with Gasteiger partial charge in [-0.25, -0.2) is 9.79 Å². The molecule has 25 heavy (non-hydrogen) atoms. The van der Waals surface area contributed by atoms with Crippen molar-refractivity contribution in [2.45, 2.75) is 6.54 Å². The Balaban J connectivity index is 1.81. The van der Waals surface area contributed by atoms with Crippen LogP contribution in [0, 0.1) is 0 Å². The van der Waals surface area contributed by atoms with Gasteiger partial charge in [-0.3, -0.25) is 4.68 Å². The van der Waals surface area contributed by atoms with Crippen LogP contribution in [0.2, 0.25) is 0 Å². The summed E-state index contributed by atoms with van der Waals surface area (Å²) in [5.74, 6) is -0.565. The highest BCUT2D eigenvalue weighted by molar-refractivity contribution is 6.14. The Kier molecular flexibility index (Phi) is 4.75. The summed E-state index contributed by atoms with van der Waals surface area (Å²) in [7, 11) is 0. The number of furan rings is 1. The lowest BCUT2D eigenvalue weighted by atomic mass is 10.1. The van der Waals surface area contributed by atoms with E-state index in [1.54, 1.807) is 59.6 Å². The van der Waals surface area contributed by atoms with Gasteiger partial charge in [-0.05, 0) is 12.1 Å². The molecule has 0 saturated heterocycles. The third-order valence-electron chi connectivity index (χ3n) is 3.38. The molecule has 0 radical (unpaired) electrons. The van der Waals surface area contributed by atoms with E-state index in [0.717, 1.165) is 12.0 Å². The van der Waals surface area contributed by atoms with Gasteiger partial charge in [0.2, 0.25) is 0 Å². The van der Waals surface area contributed by atoms with Gasteiger partial charge in [-0.15, -0.1) is 0 Å². The number of nitrogens with zero attached hydrogens (tertiary/aromatic N) is 3. The molecule has 1 aromatic carbocycles. The van der Waals surface area contributed by atoms with Crippen molar-refractivity contribution in [3.05, 3.63) is 77.9 Å². The summed E-state index contributed by atoms with van der Waals surface area (Å²) < 4.78 is 6.86. The molecule has 0 bridgehead atoms. The molecule has 3 aromatic rings. The number of aliphatic carboxylic acids is 1. The zero-order valence-corrected chi connectivity index (χ0v) is 13.1. The van der Waals surface area contributed by atoms with E-state index in [4.69, 9.17) is 4.42 Å². The van der Waals surface area contributed by atoms with Crippen molar-refractivity contribution in [2.24, 2.45) is 4.99 Å². The highest BCUT2D eigenvalue weighted by Crippen LogP contribution is 2.16. The van der Waals surface area contributed by atoms with Gasteiger partial charge in [0.05, 0.1) is 12.8 Å². The standard InChI is InChI=1S/C18H15N3O4/c22-17(13-5-2-1-3-6-13)15(18(23)24)11-19-16-8-9-21(20-16)12-14-7-4-10-25-14/h1-11,22H,12H2,(H,23,24). The second-order valence-corrected chi connectivity index (χ2v) is 5.14. The van der Waals surface area contributed by atoms with Crippen LogP contribution in [-0.4, -0.2) is 32.2 Å². The molecule has 0 spiro atoms. The SMILES string of the molecule is O=C(O)C(C=Nc1ccn(Cc2ccco2)n1)=C(O)c1ccccc1. The van der Waals surface area contributed by atoms with Gasteiger partial charge in [0.25, 0.3) is 0 Å². The molecular formula is C18H15N3O4. The monoisotopic (exact) mass is 337 g/mol. The van der Waals surface area contributed by atoms with Crippen LogP contribution in [-0.2, 0) is 11.3 Å². The van der Waals surface area contributed by atoms with Crippen molar-refractivity contribution >= 4 is 23.8 Å². The van der Waals surface area contributed by atoms with Gasteiger partial charge in [0.15, 0.2) is 5.82 Å². The van der Waals surface area contributed by atoms with Crippen LogP contribution in [0.4, 0.5) is 5.82 Å². The topological polar surface area (TPSA) is 101 Å². The maximum atomic E-state index is 11.4. The minimum Gasteiger partial charge on any atom is -0.506 e. The van der Waals surface area contributed by atoms with Gasteiger partial charge in [0, 0.05) is 24.0 Å². The van der Waals surface area contributed by atoms with E-state index in [1.165, 1.54) is 0 Å². The van der Waals surface area contributed by atoms with E-state index in [-0.39, 0.29) is 11.3 Å². The molecule has 0 aliphatic carbocycles. The molecular weight excluding hydrogens is 322 g/mol. The van der Waals surface area contributed by atoms with Crippen molar-refractivity contribution in [2.75, 3.05) is 0 Å². The molecule has 0 atom stereocenters. The van der Waals surface area contributed by atoms with Gasteiger partial charge in [-0.1, -0.05) is 30.3 Å². The zero-order valence-electron chi connectivity index (χ0n) is 13.1. The van der Waals surface area contributed by atoms with Crippen LogP contribution in [0.25, 0.3) is 5.76 Å². The molecule has 7 nitrogen and oxygen atoms in total. The number of carboxylic acid groups (broad SMARTS) is 1. The first-order valence-electron chi connectivity index (χ1n) is 7.45. The molecule has 0 saturated carbocycles. The van der Waals surface area contributed by atoms with Crippen molar-refractivity contribution in [1.29, 1.82) is 0 Å². The maximum absolute atomic E-state index is 11.4. The zero-order chi connectivity index (χ0) is 17.6. The lowest BCUT2D eigenvalue weighted by Crippen LogP contribution is -2.05. The van der Waals surface area contributed by atoms with Crippen LogP contribution in [0.3, 0.4) is 0 Å². The second-order valence-electron chi connectivity index (χ2n) is 5.14. The third kappa shape index (κ3) is 4.03. The van der Waals surface area contributed by atoms with Crippen LogP contribution >= 0.6 is 0 Å². The number of hydrogen-bond donors (Lipinski definition) is 2. The first-order chi connectivity index (χ1) is 12.1. The predicted octanol–water partition coefficient (Wildman–Crippen LogP) is 3.28. The molecule has 0 unspecified atom stereocenters. The Morgan fingerprint density at radius 1 is 1.16 bits per heavy atom. The Morgan fingerprint density at radius 2 is 1.96 bits per heavy atom. The fourth-order valence-corrected chi connectivity index (χ4v) is 2.17. The number of carboxylic acids is 1. The molecule has 7 heteroatoms. The summed E-state index contributed by atoms with van der Waals surface area (Å²) in [6.07, 6.45) is 4.37. The van der Waals surface area contributed by atoms with E-state index in [1.807, 2.05) is 6.07 Å². The first-order valence-corrected chi connectivity index (χ1v) is 7.45. The number of carbonyl (C=O) groups is 1. The van der Waals surface area contributed by atoms with Gasteiger partial charge in [-0.2, -0.15) is 5.10 Å².